The highest BCUT2D eigenvalue weighted by Gasteiger charge is 2.19. The number of esters is 1. The molecule has 0 bridgehead atoms. The maximum atomic E-state index is 13.7. The first-order valence-corrected chi connectivity index (χ1v) is 5.50. The number of methoxy groups -OCH3 is 1. The van der Waals surface area contributed by atoms with Crippen molar-refractivity contribution in [1.82, 2.24) is 4.98 Å². The Labute approximate surface area is 108 Å². The van der Waals surface area contributed by atoms with Gasteiger partial charge in [0.05, 0.1) is 7.11 Å². The van der Waals surface area contributed by atoms with Gasteiger partial charge in [0.15, 0.2) is 0 Å². The molecule has 0 atom stereocenters. The molecule has 2 rings (SSSR count). The second kappa shape index (κ2) is 5.14. The summed E-state index contributed by atoms with van der Waals surface area (Å²) in [5, 5.41) is -0.0115. The summed E-state index contributed by atoms with van der Waals surface area (Å²) in [6, 6.07) is 7.64. The monoisotopic (exact) mass is 265 g/mol. The van der Waals surface area contributed by atoms with Crippen molar-refractivity contribution in [3.63, 3.8) is 0 Å². The number of pyridine rings is 1. The number of hydrogen-bond acceptors (Lipinski definition) is 3. The molecule has 1 aromatic carbocycles. The summed E-state index contributed by atoms with van der Waals surface area (Å²) in [5.41, 5.74) is 0.703. The molecule has 0 N–H and O–H groups in total. The zero-order chi connectivity index (χ0) is 13.1. The number of nitrogens with zero attached hydrogens (tertiary/aromatic N) is 1. The average Bonchev–Trinajstić information content (AvgIpc) is 2.38. The maximum absolute atomic E-state index is 13.7. The molecule has 0 spiro atoms. The van der Waals surface area contributed by atoms with Crippen molar-refractivity contribution in [3.05, 3.63) is 53.1 Å². The molecule has 2 aromatic rings. The summed E-state index contributed by atoms with van der Waals surface area (Å²) in [4.78, 5) is 15.5. The van der Waals surface area contributed by atoms with E-state index in [1.807, 2.05) is 0 Å². The predicted molar refractivity (Wildman–Crippen MR) is 66.0 cm³/mol. The molecule has 0 unspecified atom stereocenters. The third-order valence-corrected chi connectivity index (χ3v) is 2.74. The lowest BCUT2D eigenvalue weighted by Crippen LogP contribution is -2.06. The Balaban J connectivity index is 2.69. The third kappa shape index (κ3) is 2.19. The Morgan fingerprint density at radius 1 is 1.28 bits per heavy atom. The third-order valence-electron chi connectivity index (χ3n) is 2.46. The zero-order valence-corrected chi connectivity index (χ0v) is 10.2. The van der Waals surface area contributed by atoms with Crippen LogP contribution < -0.4 is 0 Å². The Morgan fingerprint density at radius 3 is 2.67 bits per heavy atom. The highest BCUT2D eigenvalue weighted by molar-refractivity contribution is 6.33. The van der Waals surface area contributed by atoms with E-state index in [9.17, 15) is 9.18 Å². The number of hydrogen-bond donors (Lipinski definition) is 0. The largest absolute Gasteiger partial charge is 0.465 e. The van der Waals surface area contributed by atoms with E-state index in [0.717, 1.165) is 0 Å². The van der Waals surface area contributed by atoms with Gasteiger partial charge in [-0.05, 0) is 12.1 Å². The van der Waals surface area contributed by atoms with Crippen LogP contribution in [0.3, 0.4) is 0 Å². The molecule has 0 radical (unpaired) electrons. The fourth-order valence-corrected chi connectivity index (χ4v) is 1.87. The van der Waals surface area contributed by atoms with Crippen LogP contribution in [-0.2, 0) is 4.74 Å². The van der Waals surface area contributed by atoms with Gasteiger partial charge in [0.25, 0.3) is 0 Å². The topological polar surface area (TPSA) is 39.2 Å². The summed E-state index contributed by atoms with van der Waals surface area (Å²) in [7, 11) is 1.23. The second-order valence-electron chi connectivity index (χ2n) is 3.50. The van der Waals surface area contributed by atoms with Crippen LogP contribution >= 0.6 is 11.6 Å². The van der Waals surface area contributed by atoms with Crippen LogP contribution in [0.25, 0.3) is 11.1 Å². The summed E-state index contributed by atoms with van der Waals surface area (Å²) in [6.45, 7) is 0. The Kier molecular flexibility index (Phi) is 3.58. The van der Waals surface area contributed by atoms with Crippen LogP contribution in [-0.4, -0.2) is 18.1 Å². The lowest BCUT2D eigenvalue weighted by atomic mass is 10.0. The molecule has 5 heteroatoms. The quantitative estimate of drug-likeness (QED) is 0.618. The highest BCUT2D eigenvalue weighted by Crippen LogP contribution is 2.29. The lowest BCUT2D eigenvalue weighted by molar-refractivity contribution is 0.0601. The van der Waals surface area contributed by atoms with E-state index in [1.165, 1.54) is 25.4 Å². The van der Waals surface area contributed by atoms with Crippen molar-refractivity contribution < 1.29 is 13.9 Å². The molecule has 0 saturated heterocycles. The van der Waals surface area contributed by atoms with Gasteiger partial charge in [-0.1, -0.05) is 29.8 Å². The number of rotatable bonds is 2. The van der Waals surface area contributed by atoms with Crippen molar-refractivity contribution in [2.45, 2.75) is 0 Å². The fourth-order valence-electron chi connectivity index (χ4n) is 1.64. The van der Waals surface area contributed by atoms with Crippen LogP contribution in [0, 0.1) is 5.82 Å². The molecule has 3 nitrogen and oxygen atoms in total. The van der Waals surface area contributed by atoms with Crippen LogP contribution in [0.2, 0.25) is 5.15 Å². The van der Waals surface area contributed by atoms with Crippen LogP contribution in [0.5, 0.6) is 0 Å². The maximum Gasteiger partial charge on any atom is 0.341 e. The molecule has 0 aliphatic carbocycles. The molecule has 0 amide bonds. The van der Waals surface area contributed by atoms with Crippen molar-refractivity contribution >= 4 is 17.6 Å². The molecular weight excluding hydrogens is 257 g/mol. The van der Waals surface area contributed by atoms with E-state index in [0.29, 0.717) is 5.56 Å². The van der Waals surface area contributed by atoms with Gasteiger partial charge in [-0.3, -0.25) is 0 Å². The van der Waals surface area contributed by atoms with E-state index in [1.54, 1.807) is 18.2 Å². The summed E-state index contributed by atoms with van der Waals surface area (Å²) < 4.78 is 18.4. The standard InChI is InChI=1S/C13H9ClFNO2/c1-18-13(17)11-9(6-7-16-12(11)14)8-4-2-3-5-10(8)15/h2-7H,1H3. The number of ether oxygens (including phenoxy) is 1. The minimum atomic E-state index is -0.647. The molecule has 0 aliphatic heterocycles. The van der Waals surface area contributed by atoms with Crippen LogP contribution in [0.15, 0.2) is 36.5 Å². The lowest BCUT2D eigenvalue weighted by Gasteiger charge is -2.09. The molecule has 1 aromatic heterocycles. The Bertz CT molecular complexity index is 601. The molecule has 1 heterocycles. The van der Waals surface area contributed by atoms with Gasteiger partial charge in [0, 0.05) is 17.3 Å². The first-order valence-electron chi connectivity index (χ1n) is 5.13. The van der Waals surface area contributed by atoms with E-state index in [-0.39, 0.29) is 16.3 Å². The minimum absolute atomic E-state index is 0.0115. The second-order valence-corrected chi connectivity index (χ2v) is 3.85. The molecule has 92 valence electrons. The molecule has 18 heavy (non-hydrogen) atoms. The average molecular weight is 266 g/mol. The van der Waals surface area contributed by atoms with E-state index in [2.05, 4.69) is 9.72 Å². The molecule has 0 fully saturated rings. The number of benzene rings is 1. The van der Waals surface area contributed by atoms with Crippen molar-refractivity contribution in [2.75, 3.05) is 7.11 Å². The van der Waals surface area contributed by atoms with Crippen LogP contribution in [0.4, 0.5) is 4.39 Å². The van der Waals surface area contributed by atoms with E-state index in [4.69, 9.17) is 11.6 Å². The first kappa shape index (κ1) is 12.5. The van der Waals surface area contributed by atoms with Crippen LogP contribution in [0.1, 0.15) is 10.4 Å². The van der Waals surface area contributed by atoms with Crippen molar-refractivity contribution in [2.24, 2.45) is 0 Å². The van der Waals surface area contributed by atoms with Gasteiger partial charge in [0.1, 0.15) is 16.5 Å². The van der Waals surface area contributed by atoms with Gasteiger partial charge < -0.3 is 4.74 Å². The number of carbonyl (C=O) groups is 1. The number of aromatic nitrogens is 1. The fraction of sp³-hybridized carbons (Fsp3) is 0.0769. The Morgan fingerprint density at radius 2 is 2.00 bits per heavy atom. The van der Waals surface area contributed by atoms with Gasteiger partial charge in [-0.25, -0.2) is 14.2 Å². The van der Waals surface area contributed by atoms with Gasteiger partial charge >= 0.3 is 5.97 Å². The Hall–Kier alpha value is -1.94. The molecular formula is C13H9ClFNO2. The first-order chi connectivity index (χ1) is 8.65. The minimum Gasteiger partial charge on any atom is -0.465 e. The molecule has 0 saturated carbocycles. The molecule has 0 aliphatic rings. The number of carbonyl (C=O) groups excluding carboxylic acids is 1. The number of halogens is 2. The smallest absolute Gasteiger partial charge is 0.341 e. The van der Waals surface area contributed by atoms with Gasteiger partial charge in [-0.15, -0.1) is 0 Å². The predicted octanol–water partition coefficient (Wildman–Crippen LogP) is 3.33. The van der Waals surface area contributed by atoms with Gasteiger partial charge in [-0.2, -0.15) is 0 Å². The van der Waals surface area contributed by atoms with Gasteiger partial charge in [0.2, 0.25) is 0 Å². The van der Waals surface area contributed by atoms with Crippen molar-refractivity contribution in [1.29, 1.82) is 0 Å². The summed E-state index contributed by atoms with van der Waals surface area (Å²) in [5.74, 6) is -1.09. The van der Waals surface area contributed by atoms with E-state index >= 15 is 0 Å². The highest BCUT2D eigenvalue weighted by atomic mass is 35.5. The summed E-state index contributed by atoms with van der Waals surface area (Å²) >= 11 is 5.87. The normalized spacial score (nSPS) is 10.2. The SMILES string of the molecule is COC(=O)c1c(-c2ccccc2F)ccnc1Cl. The summed E-state index contributed by atoms with van der Waals surface area (Å²) in [6.07, 6.45) is 1.41. The zero-order valence-electron chi connectivity index (χ0n) is 9.48. The van der Waals surface area contributed by atoms with Crippen molar-refractivity contribution in [3.8, 4) is 11.1 Å². The van der Waals surface area contributed by atoms with E-state index < -0.39 is 11.8 Å².